The molecule has 2 saturated heterocycles. The van der Waals surface area contributed by atoms with Crippen LogP contribution >= 0.6 is 0 Å². The first kappa shape index (κ1) is 15.0. The molecule has 1 aromatic carbocycles. The van der Waals surface area contributed by atoms with Gasteiger partial charge in [0.15, 0.2) is 0 Å². The van der Waals surface area contributed by atoms with Crippen molar-refractivity contribution in [2.24, 2.45) is 0 Å². The van der Waals surface area contributed by atoms with Crippen LogP contribution in [-0.4, -0.2) is 40.9 Å². The number of carbonyl (C=O) groups excluding carboxylic acids is 1. The van der Waals surface area contributed by atoms with E-state index in [1.165, 1.54) is 18.9 Å². The topological polar surface area (TPSA) is 75.5 Å². The van der Waals surface area contributed by atoms with Gasteiger partial charge in [0.2, 0.25) is 0 Å². The average Bonchev–Trinajstić information content (AvgIpc) is 2.84. The van der Waals surface area contributed by atoms with Crippen molar-refractivity contribution in [1.82, 2.24) is 10.2 Å². The van der Waals surface area contributed by atoms with Crippen molar-refractivity contribution in [3.63, 3.8) is 0 Å². The van der Waals surface area contributed by atoms with Gasteiger partial charge in [-0.3, -0.25) is 14.9 Å². The van der Waals surface area contributed by atoms with E-state index in [4.69, 9.17) is 0 Å². The zero-order chi connectivity index (χ0) is 15.9. The second kappa shape index (κ2) is 5.68. The van der Waals surface area contributed by atoms with E-state index in [2.05, 4.69) is 5.32 Å². The second-order valence-electron chi connectivity index (χ2n) is 6.39. The summed E-state index contributed by atoms with van der Waals surface area (Å²) in [4.78, 5) is 25.1. The number of piperidine rings is 1. The summed E-state index contributed by atoms with van der Waals surface area (Å²) >= 11 is 0. The van der Waals surface area contributed by atoms with Crippen LogP contribution in [-0.2, 0) is 0 Å². The molecule has 6 heteroatoms. The number of nitrogens with one attached hydrogen (secondary N) is 1. The molecule has 0 aliphatic carbocycles. The van der Waals surface area contributed by atoms with Gasteiger partial charge in [-0.2, -0.15) is 0 Å². The largest absolute Gasteiger partial charge is 0.339 e. The number of hydrogen-bond donors (Lipinski definition) is 1. The summed E-state index contributed by atoms with van der Waals surface area (Å²) in [5, 5.41) is 14.6. The van der Waals surface area contributed by atoms with E-state index < -0.39 is 4.92 Å². The number of amides is 1. The third kappa shape index (κ3) is 2.59. The van der Waals surface area contributed by atoms with E-state index >= 15 is 0 Å². The number of fused-ring (bicyclic) bond motifs is 2. The number of nitro benzene ring substituents is 1. The molecule has 0 spiro atoms. The molecular formula is C16H21N3O3. The molecule has 2 atom stereocenters. The lowest BCUT2D eigenvalue weighted by Crippen LogP contribution is -2.48. The Morgan fingerprint density at radius 2 is 1.95 bits per heavy atom. The van der Waals surface area contributed by atoms with Gasteiger partial charge in [0.05, 0.1) is 4.92 Å². The molecule has 0 saturated carbocycles. The quantitative estimate of drug-likeness (QED) is 0.686. The molecule has 1 amide bonds. The zero-order valence-electron chi connectivity index (χ0n) is 12.9. The molecule has 3 rings (SSSR count). The van der Waals surface area contributed by atoms with Gasteiger partial charge >= 0.3 is 0 Å². The van der Waals surface area contributed by atoms with Crippen molar-refractivity contribution in [3.8, 4) is 0 Å². The molecule has 22 heavy (non-hydrogen) atoms. The van der Waals surface area contributed by atoms with Gasteiger partial charge in [-0.15, -0.1) is 0 Å². The molecule has 1 aromatic rings. The van der Waals surface area contributed by atoms with Gasteiger partial charge in [-0.1, -0.05) is 6.07 Å². The Morgan fingerprint density at radius 3 is 2.55 bits per heavy atom. The molecule has 6 nitrogen and oxygen atoms in total. The third-order valence-electron chi connectivity index (χ3n) is 5.05. The van der Waals surface area contributed by atoms with Gasteiger partial charge in [0, 0.05) is 42.4 Å². The van der Waals surface area contributed by atoms with E-state index in [-0.39, 0.29) is 17.6 Å². The molecule has 2 unspecified atom stereocenters. The summed E-state index contributed by atoms with van der Waals surface area (Å²) in [6.45, 7) is 1.64. The minimum Gasteiger partial charge on any atom is -0.339 e. The van der Waals surface area contributed by atoms with Crippen molar-refractivity contribution in [2.75, 3.05) is 7.05 Å². The number of benzene rings is 1. The molecule has 0 aromatic heterocycles. The summed E-state index contributed by atoms with van der Waals surface area (Å²) in [6, 6.07) is 5.92. The van der Waals surface area contributed by atoms with Crippen molar-refractivity contribution >= 4 is 11.6 Å². The van der Waals surface area contributed by atoms with Crippen LogP contribution in [0.1, 0.15) is 41.6 Å². The maximum atomic E-state index is 12.8. The predicted octanol–water partition coefficient (Wildman–Crippen LogP) is 2.26. The molecule has 2 heterocycles. The minimum absolute atomic E-state index is 0.00429. The fourth-order valence-corrected chi connectivity index (χ4v) is 3.75. The van der Waals surface area contributed by atoms with Crippen molar-refractivity contribution < 1.29 is 9.72 Å². The Balaban J connectivity index is 1.81. The Kier molecular flexibility index (Phi) is 3.87. The van der Waals surface area contributed by atoms with Crippen LogP contribution < -0.4 is 5.32 Å². The Bertz CT molecular complexity index is 605. The standard InChI is InChI=1S/C16H21N3O3/c1-10-14(4-3-5-15(10)19(21)22)16(20)18(2)13-8-11-6-7-12(9-13)17-11/h3-5,11-13,17H,6-9H2,1-2H3. The molecule has 118 valence electrons. The Hall–Kier alpha value is -1.95. The van der Waals surface area contributed by atoms with Crippen LogP contribution in [0, 0.1) is 17.0 Å². The van der Waals surface area contributed by atoms with E-state index in [1.807, 2.05) is 7.05 Å². The lowest BCUT2D eigenvalue weighted by molar-refractivity contribution is -0.385. The fraction of sp³-hybridized carbons (Fsp3) is 0.562. The van der Waals surface area contributed by atoms with E-state index in [0.29, 0.717) is 23.2 Å². The SMILES string of the molecule is Cc1c(C(=O)N(C)C2CC3CCC(C2)N3)cccc1[N+](=O)[O-]. The maximum absolute atomic E-state index is 12.8. The first-order chi connectivity index (χ1) is 10.5. The Labute approximate surface area is 129 Å². The molecule has 2 fully saturated rings. The highest BCUT2D eigenvalue weighted by Crippen LogP contribution is 2.30. The highest BCUT2D eigenvalue weighted by molar-refractivity contribution is 5.96. The maximum Gasteiger partial charge on any atom is 0.273 e. The summed E-state index contributed by atoms with van der Waals surface area (Å²) in [5.74, 6) is -0.118. The van der Waals surface area contributed by atoms with Crippen molar-refractivity contribution in [2.45, 2.75) is 50.7 Å². The van der Waals surface area contributed by atoms with Crippen LogP contribution in [0.5, 0.6) is 0 Å². The summed E-state index contributed by atoms with van der Waals surface area (Å²) in [7, 11) is 1.82. The predicted molar refractivity (Wildman–Crippen MR) is 82.9 cm³/mol. The van der Waals surface area contributed by atoms with Crippen LogP contribution in [0.25, 0.3) is 0 Å². The van der Waals surface area contributed by atoms with Gasteiger partial charge < -0.3 is 10.2 Å². The Morgan fingerprint density at radius 1 is 1.32 bits per heavy atom. The van der Waals surface area contributed by atoms with Crippen LogP contribution in [0.2, 0.25) is 0 Å². The first-order valence-corrected chi connectivity index (χ1v) is 7.74. The van der Waals surface area contributed by atoms with Gasteiger partial charge in [-0.25, -0.2) is 0 Å². The number of nitrogens with zero attached hydrogens (tertiary/aromatic N) is 2. The summed E-state index contributed by atoms with van der Waals surface area (Å²) in [6.07, 6.45) is 4.29. The van der Waals surface area contributed by atoms with Crippen LogP contribution in [0.4, 0.5) is 5.69 Å². The molecule has 2 bridgehead atoms. The van der Waals surface area contributed by atoms with Crippen molar-refractivity contribution in [1.29, 1.82) is 0 Å². The van der Waals surface area contributed by atoms with Gasteiger partial charge in [0.25, 0.3) is 11.6 Å². The molecule has 2 aliphatic heterocycles. The number of rotatable bonds is 3. The summed E-state index contributed by atoms with van der Waals surface area (Å²) in [5.41, 5.74) is 0.883. The lowest BCUT2D eigenvalue weighted by Gasteiger charge is -2.35. The summed E-state index contributed by atoms with van der Waals surface area (Å²) < 4.78 is 0. The molecule has 0 radical (unpaired) electrons. The third-order valence-corrected chi connectivity index (χ3v) is 5.05. The highest BCUT2D eigenvalue weighted by Gasteiger charge is 2.37. The first-order valence-electron chi connectivity index (χ1n) is 7.74. The molecule has 1 N–H and O–H groups in total. The van der Waals surface area contributed by atoms with Crippen molar-refractivity contribution in [3.05, 3.63) is 39.4 Å². The smallest absolute Gasteiger partial charge is 0.273 e. The number of hydrogen-bond acceptors (Lipinski definition) is 4. The number of carbonyl (C=O) groups is 1. The van der Waals surface area contributed by atoms with E-state index in [1.54, 1.807) is 24.0 Å². The van der Waals surface area contributed by atoms with E-state index in [0.717, 1.165) is 12.8 Å². The van der Waals surface area contributed by atoms with E-state index in [9.17, 15) is 14.9 Å². The lowest BCUT2D eigenvalue weighted by atomic mass is 9.97. The number of nitro groups is 1. The normalized spacial score (nSPS) is 26.7. The van der Waals surface area contributed by atoms with Gasteiger partial charge in [-0.05, 0) is 38.7 Å². The highest BCUT2D eigenvalue weighted by atomic mass is 16.6. The zero-order valence-corrected chi connectivity index (χ0v) is 12.9. The minimum atomic E-state index is -0.434. The average molecular weight is 303 g/mol. The monoisotopic (exact) mass is 303 g/mol. The van der Waals surface area contributed by atoms with Crippen LogP contribution in [0.3, 0.4) is 0 Å². The second-order valence-corrected chi connectivity index (χ2v) is 6.39. The van der Waals surface area contributed by atoms with Gasteiger partial charge in [0.1, 0.15) is 0 Å². The molecular weight excluding hydrogens is 282 g/mol. The molecule has 2 aliphatic rings. The van der Waals surface area contributed by atoms with Crippen LogP contribution in [0.15, 0.2) is 18.2 Å². The fourth-order valence-electron chi connectivity index (χ4n) is 3.75.